The molecule has 19 heavy (non-hydrogen) atoms. The lowest BCUT2D eigenvalue weighted by molar-refractivity contribution is 0.579. The van der Waals surface area contributed by atoms with Gasteiger partial charge in [0.25, 0.3) is 0 Å². The van der Waals surface area contributed by atoms with Gasteiger partial charge in [0.2, 0.25) is 0 Å². The van der Waals surface area contributed by atoms with Crippen molar-refractivity contribution >= 4 is 5.82 Å². The van der Waals surface area contributed by atoms with Gasteiger partial charge in [-0.15, -0.1) is 0 Å². The third-order valence-corrected chi connectivity index (χ3v) is 3.96. The van der Waals surface area contributed by atoms with Gasteiger partial charge in [-0.2, -0.15) is 5.10 Å². The summed E-state index contributed by atoms with van der Waals surface area (Å²) in [4.78, 5) is 0. The summed E-state index contributed by atoms with van der Waals surface area (Å²) in [5, 5.41) is 11.1. The van der Waals surface area contributed by atoms with Crippen LogP contribution >= 0.6 is 0 Å². The van der Waals surface area contributed by atoms with Crippen LogP contribution in [0.25, 0.3) is 0 Å². The van der Waals surface area contributed by atoms with Gasteiger partial charge in [0, 0.05) is 17.8 Å². The van der Waals surface area contributed by atoms with Gasteiger partial charge in [-0.3, -0.25) is 5.10 Å². The van der Waals surface area contributed by atoms with Crippen LogP contribution in [0.4, 0.5) is 5.82 Å². The molecule has 1 aromatic carbocycles. The Morgan fingerprint density at radius 3 is 2.95 bits per heavy atom. The number of nitrogens with zero attached hydrogens (tertiary/aromatic N) is 1. The van der Waals surface area contributed by atoms with Crippen LogP contribution in [0.3, 0.4) is 0 Å². The molecule has 0 amide bonds. The fourth-order valence-corrected chi connectivity index (χ4v) is 2.89. The van der Waals surface area contributed by atoms with Crippen molar-refractivity contribution in [3.05, 3.63) is 47.2 Å². The van der Waals surface area contributed by atoms with Crippen molar-refractivity contribution in [3.8, 4) is 0 Å². The van der Waals surface area contributed by atoms with Gasteiger partial charge in [0.15, 0.2) is 5.82 Å². The molecule has 1 aliphatic carbocycles. The Labute approximate surface area is 114 Å². The number of aromatic nitrogens is 2. The largest absolute Gasteiger partial charge is 0.368 e. The summed E-state index contributed by atoms with van der Waals surface area (Å²) in [7, 11) is 0. The summed E-state index contributed by atoms with van der Waals surface area (Å²) in [6.45, 7) is 3.17. The maximum atomic E-state index is 4.43. The second-order valence-electron chi connectivity index (χ2n) is 5.31. The van der Waals surface area contributed by atoms with E-state index in [9.17, 15) is 0 Å². The van der Waals surface area contributed by atoms with E-state index in [2.05, 4.69) is 52.8 Å². The van der Waals surface area contributed by atoms with Crippen LogP contribution in [0.2, 0.25) is 0 Å². The van der Waals surface area contributed by atoms with Crippen molar-refractivity contribution in [2.75, 3.05) is 11.9 Å². The first-order valence-corrected chi connectivity index (χ1v) is 7.23. The van der Waals surface area contributed by atoms with Crippen LogP contribution in [-0.4, -0.2) is 16.7 Å². The first kappa shape index (κ1) is 12.3. The summed E-state index contributed by atoms with van der Waals surface area (Å²) in [6, 6.07) is 10.8. The third kappa shape index (κ3) is 2.50. The monoisotopic (exact) mass is 255 g/mol. The number of fused-ring (bicyclic) bond motifs is 1. The number of benzene rings is 1. The maximum Gasteiger partial charge on any atom is 0.151 e. The molecule has 0 aliphatic heterocycles. The van der Waals surface area contributed by atoms with E-state index in [4.69, 9.17) is 0 Å². The highest BCUT2D eigenvalue weighted by Gasteiger charge is 2.24. The highest BCUT2D eigenvalue weighted by Crippen LogP contribution is 2.34. The average Bonchev–Trinajstić information content (AvgIpc) is 2.88. The molecule has 3 rings (SSSR count). The number of nitrogens with one attached hydrogen (secondary N) is 2. The Morgan fingerprint density at radius 1 is 1.32 bits per heavy atom. The summed E-state index contributed by atoms with van der Waals surface area (Å²) >= 11 is 0. The number of H-pyrrole nitrogens is 1. The zero-order valence-electron chi connectivity index (χ0n) is 11.4. The molecule has 0 saturated heterocycles. The predicted molar refractivity (Wildman–Crippen MR) is 78.6 cm³/mol. The van der Waals surface area contributed by atoms with Crippen molar-refractivity contribution in [2.45, 2.75) is 38.5 Å². The molecular formula is C16H21N3. The fraction of sp³-hybridized carbons (Fsp3) is 0.438. The second kappa shape index (κ2) is 5.47. The molecule has 1 unspecified atom stereocenters. The SMILES string of the molecule is CCCNc1n[nH]c2c1CC(c1ccccc1)CC2. The van der Waals surface area contributed by atoms with E-state index in [0.29, 0.717) is 5.92 Å². The fourth-order valence-electron chi connectivity index (χ4n) is 2.89. The number of aromatic amines is 1. The Hall–Kier alpha value is -1.77. The molecule has 3 nitrogen and oxygen atoms in total. The molecular weight excluding hydrogens is 234 g/mol. The topological polar surface area (TPSA) is 40.7 Å². The number of hydrogen-bond donors (Lipinski definition) is 2. The van der Waals surface area contributed by atoms with Crippen LogP contribution in [0.15, 0.2) is 30.3 Å². The molecule has 1 heterocycles. The third-order valence-electron chi connectivity index (χ3n) is 3.96. The van der Waals surface area contributed by atoms with Crippen molar-refractivity contribution in [1.82, 2.24) is 10.2 Å². The standard InChI is InChI=1S/C16H21N3/c1-2-10-17-16-14-11-13(8-9-15(14)18-19-16)12-6-4-3-5-7-12/h3-7,13H,2,8-11H2,1H3,(H2,17,18,19). The Morgan fingerprint density at radius 2 is 2.16 bits per heavy atom. The maximum absolute atomic E-state index is 4.43. The average molecular weight is 255 g/mol. The van der Waals surface area contributed by atoms with E-state index in [1.54, 1.807) is 0 Å². The van der Waals surface area contributed by atoms with E-state index in [-0.39, 0.29) is 0 Å². The molecule has 0 spiro atoms. The lowest BCUT2D eigenvalue weighted by Gasteiger charge is -2.22. The molecule has 100 valence electrons. The van der Waals surface area contributed by atoms with Crippen LogP contribution in [0, 0.1) is 0 Å². The molecule has 1 aromatic heterocycles. The van der Waals surface area contributed by atoms with Gasteiger partial charge in [-0.25, -0.2) is 0 Å². The smallest absolute Gasteiger partial charge is 0.151 e. The van der Waals surface area contributed by atoms with E-state index in [1.807, 2.05) is 0 Å². The minimum atomic E-state index is 0.633. The molecule has 0 saturated carbocycles. The number of rotatable bonds is 4. The minimum absolute atomic E-state index is 0.633. The van der Waals surface area contributed by atoms with Crippen molar-refractivity contribution in [3.63, 3.8) is 0 Å². The number of aryl methyl sites for hydroxylation is 1. The molecule has 2 N–H and O–H groups in total. The van der Waals surface area contributed by atoms with Crippen molar-refractivity contribution in [1.29, 1.82) is 0 Å². The van der Waals surface area contributed by atoms with Crippen LogP contribution in [0.1, 0.15) is 42.5 Å². The zero-order valence-corrected chi connectivity index (χ0v) is 11.4. The van der Waals surface area contributed by atoms with E-state index in [0.717, 1.165) is 31.6 Å². The van der Waals surface area contributed by atoms with Crippen molar-refractivity contribution < 1.29 is 0 Å². The molecule has 0 radical (unpaired) electrons. The highest BCUT2D eigenvalue weighted by atomic mass is 15.2. The van der Waals surface area contributed by atoms with Gasteiger partial charge in [-0.05, 0) is 37.2 Å². The van der Waals surface area contributed by atoms with Gasteiger partial charge in [-0.1, -0.05) is 37.3 Å². The molecule has 0 fully saturated rings. The van der Waals surface area contributed by atoms with E-state index < -0.39 is 0 Å². The Bertz CT molecular complexity index is 530. The minimum Gasteiger partial charge on any atom is -0.368 e. The summed E-state index contributed by atoms with van der Waals surface area (Å²) in [5.74, 6) is 1.70. The van der Waals surface area contributed by atoms with Gasteiger partial charge in [0.1, 0.15) is 0 Å². The normalized spacial score (nSPS) is 18.1. The van der Waals surface area contributed by atoms with Gasteiger partial charge in [0.05, 0.1) is 0 Å². The van der Waals surface area contributed by atoms with Gasteiger partial charge >= 0.3 is 0 Å². The Kier molecular flexibility index (Phi) is 3.53. The lowest BCUT2D eigenvalue weighted by atomic mass is 9.83. The van der Waals surface area contributed by atoms with Crippen molar-refractivity contribution in [2.24, 2.45) is 0 Å². The van der Waals surface area contributed by atoms with E-state index in [1.165, 1.54) is 23.2 Å². The number of anilines is 1. The highest BCUT2D eigenvalue weighted by molar-refractivity contribution is 5.49. The van der Waals surface area contributed by atoms with Crippen LogP contribution in [-0.2, 0) is 12.8 Å². The first-order chi connectivity index (χ1) is 9.38. The molecule has 3 heteroatoms. The van der Waals surface area contributed by atoms with Gasteiger partial charge < -0.3 is 5.32 Å². The first-order valence-electron chi connectivity index (χ1n) is 7.23. The zero-order chi connectivity index (χ0) is 13.1. The second-order valence-corrected chi connectivity index (χ2v) is 5.31. The summed E-state index contributed by atoms with van der Waals surface area (Å²) < 4.78 is 0. The van der Waals surface area contributed by atoms with Crippen LogP contribution in [0.5, 0.6) is 0 Å². The van der Waals surface area contributed by atoms with E-state index >= 15 is 0 Å². The number of hydrogen-bond acceptors (Lipinski definition) is 2. The quantitative estimate of drug-likeness (QED) is 0.877. The summed E-state index contributed by atoms with van der Waals surface area (Å²) in [5.41, 5.74) is 4.18. The predicted octanol–water partition coefficient (Wildman–Crippen LogP) is 3.50. The molecule has 0 bridgehead atoms. The Balaban J connectivity index is 1.80. The summed E-state index contributed by atoms with van der Waals surface area (Å²) in [6.07, 6.45) is 4.55. The van der Waals surface area contributed by atoms with Crippen LogP contribution < -0.4 is 5.32 Å². The molecule has 2 aromatic rings. The lowest BCUT2D eigenvalue weighted by Crippen LogP contribution is -2.13. The molecule has 1 atom stereocenters. The molecule has 1 aliphatic rings.